The van der Waals surface area contributed by atoms with E-state index in [4.69, 9.17) is 4.74 Å². The van der Waals surface area contributed by atoms with Crippen LogP contribution in [0.2, 0.25) is 0 Å². The second kappa shape index (κ2) is 10.8. The number of hydrogen-bond acceptors (Lipinski definition) is 6. The van der Waals surface area contributed by atoms with Crippen molar-refractivity contribution in [3.63, 3.8) is 0 Å². The second-order valence-corrected chi connectivity index (χ2v) is 7.53. The van der Waals surface area contributed by atoms with Gasteiger partial charge in [0, 0.05) is 38.6 Å². The molecule has 1 unspecified atom stereocenters. The average Bonchev–Trinajstić information content (AvgIpc) is 3.27. The zero-order valence-electron chi connectivity index (χ0n) is 18.4. The van der Waals surface area contributed by atoms with Gasteiger partial charge in [-0.2, -0.15) is 5.10 Å². The van der Waals surface area contributed by atoms with Gasteiger partial charge in [0.1, 0.15) is 12.4 Å². The van der Waals surface area contributed by atoms with Crippen LogP contribution in [0.25, 0.3) is 0 Å². The second-order valence-electron chi connectivity index (χ2n) is 7.53. The largest absolute Gasteiger partial charge is 0.383 e. The molecule has 0 saturated carbocycles. The van der Waals surface area contributed by atoms with Gasteiger partial charge >= 0.3 is 0 Å². The highest BCUT2D eigenvalue weighted by Crippen LogP contribution is 2.34. The minimum Gasteiger partial charge on any atom is -0.383 e. The van der Waals surface area contributed by atoms with E-state index in [0.717, 1.165) is 0 Å². The summed E-state index contributed by atoms with van der Waals surface area (Å²) in [4.78, 5) is 37.7. The molecule has 0 aliphatic carbocycles. The molecule has 9 nitrogen and oxygen atoms in total. The summed E-state index contributed by atoms with van der Waals surface area (Å²) in [5, 5.41) is 17.0. The summed E-state index contributed by atoms with van der Waals surface area (Å²) in [7, 11) is 1.51. The predicted octanol–water partition coefficient (Wildman–Crippen LogP) is 3.30. The Labute approximate surface area is 190 Å². The summed E-state index contributed by atoms with van der Waals surface area (Å²) in [5.74, 6) is -1.02. The number of benzene rings is 2. The Morgan fingerprint density at radius 2 is 2.00 bits per heavy atom. The number of non-ortho nitro benzene ring substituents is 1. The van der Waals surface area contributed by atoms with E-state index in [2.05, 4.69) is 5.10 Å². The number of nitro groups is 1. The predicted molar refractivity (Wildman–Crippen MR) is 119 cm³/mol. The fraction of sp³-hybridized carbons (Fsp3) is 0.348. The lowest BCUT2D eigenvalue weighted by atomic mass is 9.98. The smallest absolute Gasteiger partial charge is 0.269 e. The van der Waals surface area contributed by atoms with Gasteiger partial charge in [-0.25, -0.2) is 9.40 Å². The van der Waals surface area contributed by atoms with Gasteiger partial charge in [-0.3, -0.25) is 19.7 Å². The maximum atomic E-state index is 13.4. The fourth-order valence-corrected chi connectivity index (χ4v) is 3.62. The summed E-state index contributed by atoms with van der Waals surface area (Å²) < 4.78 is 18.4. The standard InChI is InChI=1S/C23H25FN4O5/c1-3-22(29)26(11-12-33-2)15-23(30)27-21(17-5-4-6-19(13-17)28(31)32)14-20(25-27)16-7-9-18(24)10-8-16/h4-10,13,21H,3,11-12,14-15H2,1-2H3. The van der Waals surface area contributed by atoms with Crippen LogP contribution in [0.1, 0.15) is 36.9 Å². The molecule has 0 spiro atoms. The van der Waals surface area contributed by atoms with Crippen molar-refractivity contribution in [3.8, 4) is 0 Å². The zero-order chi connectivity index (χ0) is 24.0. The maximum Gasteiger partial charge on any atom is 0.269 e. The monoisotopic (exact) mass is 456 g/mol. The highest BCUT2D eigenvalue weighted by atomic mass is 19.1. The Morgan fingerprint density at radius 1 is 1.27 bits per heavy atom. The molecular weight excluding hydrogens is 431 g/mol. The maximum absolute atomic E-state index is 13.4. The molecule has 1 atom stereocenters. The molecule has 0 fully saturated rings. The SMILES string of the molecule is CCC(=O)N(CCOC)CC(=O)N1N=C(c2ccc(F)cc2)CC1c1cccc([N+](=O)[O-])c1. The number of carbonyl (C=O) groups excluding carboxylic acids is 2. The Morgan fingerprint density at radius 3 is 2.64 bits per heavy atom. The van der Waals surface area contributed by atoms with E-state index in [0.29, 0.717) is 23.3 Å². The molecule has 3 rings (SSSR count). The molecule has 0 N–H and O–H groups in total. The van der Waals surface area contributed by atoms with E-state index in [1.165, 1.54) is 41.3 Å². The molecule has 1 heterocycles. The van der Waals surface area contributed by atoms with Gasteiger partial charge in [0.25, 0.3) is 11.6 Å². The molecule has 2 aromatic carbocycles. The number of ether oxygens (including phenoxy) is 1. The van der Waals surface area contributed by atoms with E-state index >= 15 is 0 Å². The van der Waals surface area contributed by atoms with Crippen LogP contribution in [-0.2, 0) is 14.3 Å². The van der Waals surface area contributed by atoms with Gasteiger partial charge in [-0.15, -0.1) is 0 Å². The Balaban J connectivity index is 1.93. The van der Waals surface area contributed by atoms with Gasteiger partial charge in [-0.1, -0.05) is 31.2 Å². The summed E-state index contributed by atoms with van der Waals surface area (Å²) in [5.41, 5.74) is 1.63. The van der Waals surface area contributed by atoms with Crippen molar-refractivity contribution in [3.05, 3.63) is 75.6 Å². The molecule has 0 saturated heterocycles. The van der Waals surface area contributed by atoms with E-state index in [-0.39, 0.29) is 37.7 Å². The molecule has 1 aliphatic rings. The minimum atomic E-state index is -0.599. The quantitative estimate of drug-likeness (QED) is 0.425. The fourth-order valence-electron chi connectivity index (χ4n) is 3.62. The summed E-state index contributed by atoms with van der Waals surface area (Å²) >= 11 is 0. The Bertz CT molecular complexity index is 1060. The number of nitrogens with zero attached hydrogens (tertiary/aromatic N) is 4. The van der Waals surface area contributed by atoms with Crippen LogP contribution < -0.4 is 0 Å². The van der Waals surface area contributed by atoms with Crippen LogP contribution in [0.3, 0.4) is 0 Å². The first-order valence-electron chi connectivity index (χ1n) is 10.5. The lowest BCUT2D eigenvalue weighted by molar-refractivity contribution is -0.385. The normalized spacial score (nSPS) is 15.3. The number of carbonyl (C=O) groups is 2. The van der Waals surface area contributed by atoms with Crippen molar-refractivity contribution in [1.82, 2.24) is 9.91 Å². The zero-order valence-corrected chi connectivity index (χ0v) is 18.4. The first kappa shape index (κ1) is 24.0. The molecule has 0 bridgehead atoms. The van der Waals surface area contributed by atoms with E-state index in [1.807, 2.05) is 0 Å². The third-order valence-electron chi connectivity index (χ3n) is 5.36. The highest BCUT2D eigenvalue weighted by Gasteiger charge is 2.34. The molecule has 0 radical (unpaired) electrons. The van der Waals surface area contributed by atoms with Gasteiger partial charge in [0.05, 0.1) is 23.3 Å². The van der Waals surface area contributed by atoms with Crippen molar-refractivity contribution in [2.45, 2.75) is 25.8 Å². The first-order valence-corrected chi connectivity index (χ1v) is 10.5. The third kappa shape index (κ3) is 5.78. The molecule has 0 aromatic heterocycles. The molecule has 2 amide bonds. The number of nitro benzene ring substituents is 1. The van der Waals surface area contributed by atoms with Crippen molar-refractivity contribution in [2.24, 2.45) is 5.10 Å². The number of halogens is 1. The van der Waals surface area contributed by atoms with E-state index in [1.54, 1.807) is 31.2 Å². The van der Waals surface area contributed by atoms with Gasteiger partial charge < -0.3 is 9.64 Å². The molecular formula is C23H25FN4O5. The topological polar surface area (TPSA) is 105 Å². The van der Waals surface area contributed by atoms with Gasteiger partial charge in [-0.05, 0) is 23.3 Å². The third-order valence-corrected chi connectivity index (χ3v) is 5.36. The minimum absolute atomic E-state index is 0.0991. The van der Waals surface area contributed by atoms with Crippen molar-refractivity contribution in [1.29, 1.82) is 0 Å². The number of hydrogen-bond donors (Lipinski definition) is 0. The van der Waals surface area contributed by atoms with Crippen LogP contribution in [0.4, 0.5) is 10.1 Å². The first-order chi connectivity index (χ1) is 15.8. The Kier molecular flexibility index (Phi) is 7.83. The number of amides is 2. The van der Waals surface area contributed by atoms with Crippen LogP contribution >= 0.6 is 0 Å². The number of rotatable bonds is 9. The summed E-state index contributed by atoms with van der Waals surface area (Å²) in [6, 6.07) is 11.2. The molecule has 1 aliphatic heterocycles. The number of hydrazone groups is 1. The molecule has 2 aromatic rings. The van der Waals surface area contributed by atoms with Gasteiger partial charge in [0.15, 0.2) is 0 Å². The highest BCUT2D eigenvalue weighted by molar-refractivity contribution is 6.03. The van der Waals surface area contributed by atoms with Gasteiger partial charge in [0.2, 0.25) is 5.91 Å². The average molecular weight is 456 g/mol. The van der Waals surface area contributed by atoms with Crippen LogP contribution in [-0.4, -0.2) is 59.2 Å². The van der Waals surface area contributed by atoms with Crippen molar-refractivity contribution in [2.75, 3.05) is 26.8 Å². The molecule has 10 heteroatoms. The van der Waals surface area contributed by atoms with Crippen molar-refractivity contribution < 1.29 is 23.6 Å². The lowest BCUT2D eigenvalue weighted by Gasteiger charge is -2.26. The van der Waals surface area contributed by atoms with E-state index in [9.17, 15) is 24.1 Å². The number of methoxy groups -OCH3 is 1. The molecule has 174 valence electrons. The van der Waals surface area contributed by atoms with E-state index < -0.39 is 22.7 Å². The van der Waals surface area contributed by atoms with Crippen LogP contribution in [0.5, 0.6) is 0 Å². The van der Waals surface area contributed by atoms with Crippen molar-refractivity contribution >= 4 is 23.2 Å². The van der Waals surface area contributed by atoms with Crippen LogP contribution in [0, 0.1) is 15.9 Å². The lowest BCUT2D eigenvalue weighted by Crippen LogP contribution is -2.42. The van der Waals surface area contributed by atoms with Crippen LogP contribution in [0.15, 0.2) is 53.6 Å². The summed E-state index contributed by atoms with van der Waals surface area (Å²) in [6.07, 6.45) is 0.522. The molecule has 33 heavy (non-hydrogen) atoms. The summed E-state index contributed by atoms with van der Waals surface area (Å²) in [6.45, 7) is 2.02. The Hall–Kier alpha value is -3.66.